The minimum absolute atomic E-state index is 0.0608. The average molecular weight is 435 g/mol. The normalized spacial score (nSPS) is 18.6. The zero-order valence-electron chi connectivity index (χ0n) is 17.8. The van der Waals surface area contributed by atoms with E-state index in [0.717, 1.165) is 24.0 Å². The van der Waals surface area contributed by atoms with Gasteiger partial charge >= 0.3 is 0 Å². The van der Waals surface area contributed by atoms with Crippen molar-refractivity contribution in [2.24, 2.45) is 5.41 Å². The first-order chi connectivity index (χ1) is 15.0. The van der Waals surface area contributed by atoms with Crippen molar-refractivity contribution in [3.63, 3.8) is 0 Å². The van der Waals surface area contributed by atoms with Crippen LogP contribution in [0.4, 0.5) is 0 Å². The zero-order valence-corrected chi connectivity index (χ0v) is 18.6. The maximum atomic E-state index is 13.4. The highest BCUT2D eigenvalue weighted by molar-refractivity contribution is 7.13. The molecular formula is C24H26N4O2S. The molecule has 0 saturated carbocycles. The molecule has 0 N–H and O–H groups in total. The van der Waals surface area contributed by atoms with Crippen molar-refractivity contribution in [1.82, 2.24) is 19.8 Å². The molecule has 4 rings (SSSR count). The summed E-state index contributed by atoms with van der Waals surface area (Å²) in [5, 5.41) is 2.07. The van der Waals surface area contributed by atoms with Gasteiger partial charge in [-0.25, -0.2) is 4.98 Å². The van der Waals surface area contributed by atoms with Crippen molar-refractivity contribution in [2.75, 3.05) is 27.2 Å². The molecule has 31 heavy (non-hydrogen) atoms. The van der Waals surface area contributed by atoms with Crippen LogP contribution in [-0.4, -0.2) is 58.8 Å². The summed E-state index contributed by atoms with van der Waals surface area (Å²) >= 11 is 1.70. The summed E-state index contributed by atoms with van der Waals surface area (Å²) in [5.41, 5.74) is 1.92. The Morgan fingerprint density at radius 1 is 1.19 bits per heavy atom. The third-order valence-corrected chi connectivity index (χ3v) is 6.70. The van der Waals surface area contributed by atoms with Gasteiger partial charge in [-0.05, 0) is 41.8 Å². The lowest BCUT2D eigenvalue weighted by Gasteiger charge is -2.43. The van der Waals surface area contributed by atoms with Gasteiger partial charge in [-0.2, -0.15) is 0 Å². The lowest BCUT2D eigenvalue weighted by molar-refractivity contribution is -0.142. The van der Waals surface area contributed by atoms with E-state index in [1.165, 1.54) is 17.3 Å². The molecule has 1 atom stereocenters. The van der Waals surface area contributed by atoms with Crippen LogP contribution in [0.25, 0.3) is 10.4 Å². The van der Waals surface area contributed by atoms with Gasteiger partial charge in [0.25, 0.3) is 5.91 Å². The minimum atomic E-state index is -0.659. The third kappa shape index (κ3) is 4.51. The Morgan fingerprint density at radius 2 is 2.06 bits per heavy atom. The molecule has 1 saturated heterocycles. The fraction of sp³-hybridized carbons (Fsp3) is 0.333. The molecule has 0 spiro atoms. The quantitative estimate of drug-likeness (QED) is 0.613. The maximum absolute atomic E-state index is 13.4. The number of thiophene rings is 1. The standard InChI is InChI=1S/C24H26N4O2S/c1-27(2)23(30)24(15-18-6-3-7-19(14-18)21-8-4-13-31-21)9-5-12-28(17-24)22(29)20-16-25-10-11-26-20/h3-4,6-8,10-11,13-14,16H,5,9,12,15,17H2,1-2H3. The Hall–Kier alpha value is -3.06. The highest BCUT2D eigenvalue weighted by Crippen LogP contribution is 2.37. The van der Waals surface area contributed by atoms with Crippen LogP contribution < -0.4 is 0 Å². The fourth-order valence-electron chi connectivity index (χ4n) is 4.41. The highest BCUT2D eigenvalue weighted by Gasteiger charge is 2.44. The molecule has 1 fully saturated rings. The van der Waals surface area contributed by atoms with Crippen molar-refractivity contribution >= 4 is 23.2 Å². The molecule has 6 nitrogen and oxygen atoms in total. The van der Waals surface area contributed by atoms with Gasteiger partial charge < -0.3 is 9.80 Å². The van der Waals surface area contributed by atoms with E-state index in [2.05, 4.69) is 39.6 Å². The largest absolute Gasteiger partial charge is 0.348 e. The smallest absolute Gasteiger partial charge is 0.274 e. The molecule has 1 unspecified atom stereocenters. The van der Waals surface area contributed by atoms with Gasteiger partial charge in [0.15, 0.2) is 0 Å². The topological polar surface area (TPSA) is 66.4 Å². The number of rotatable bonds is 5. The number of nitrogens with zero attached hydrogens (tertiary/aromatic N) is 4. The first-order valence-electron chi connectivity index (χ1n) is 10.4. The Balaban J connectivity index is 1.64. The summed E-state index contributed by atoms with van der Waals surface area (Å²) in [6.07, 6.45) is 6.66. The van der Waals surface area contributed by atoms with Gasteiger partial charge in [-0.15, -0.1) is 11.3 Å². The van der Waals surface area contributed by atoms with Gasteiger partial charge in [0.05, 0.1) is 11.6 Å². The molecule has 1 aromatic carbocycles. The van der Waals surface area contributed by atoms with Crippen LogP contribution in [0.5, 0.6) is 0 Å². The molecule has 0 aliphatic carbocycles. The highest BCUT2D eigenvalue weighted by atomic mass is 32.1. The van der Waals surface area contributed by atoms with E-state index in [-0.39, 0.29) is 11.8 Å². The number of hydrogen-bond donors (Lipinski definition) is 0. The van der Waals surface area contributed by atoms with Crippen molar-refractivity contribution in [1.29, 1.82) is 0 Å². The SMILES string of the molecule is CN(C)C(=O)C1(Cc2cccc(-c3cccs3)c2)CCCN(C(=O)c2cnccn2)C1. The van der Waals surface area contributed by atoms with Crippen LogP contribution in [-0.2, 0) is 11.2 Å². The number of carbonyl (C=O) groups is 2. The summed E-state index contributed by atoms with van der Waals surface area (Å²) in [6, 6.07) is 12.5. The van der Waals surface area contributed by atoms with E-state index >= 15 is 0 Å². The van der Waals surface area contributed by atoms with Gasteiger partial charge in [0, 0.05) is 44.5 Å². The lowest BCUT2D eigenvalue weighted by atomic mass is 9.73. The Bertz CT molecular complexity index is 1050. The van der Waals surface area contributed by atoms with Gasteiger partial charge in [0.2, 0.25) is 5.91 Å². The van der Waals surface area contributed by atoms with Crippen molar-refractivity contribution in [2.45, 2.75) is 19.3 Å². The zero-order chi connectivity index (χ0) is 21.8. The molecule has 3 heterocycles. The first kappa shape index (κ1) is 21.2. The fourth-order valence-corrected chi connectivity index (χ4v) is 5.14. The molecule has 0 radical (unpaired) electrons. The van der Waals surface area contributed by atoms with Gasteiger partial charge in [0.1, 0.15) is 5.69 Å². The molecule has 0 bridgehead atoms. The number of aromatic nitrogens is 2. The Morgan fingerprint density at radius 3 is 2.77 bits per heavy atom. The molecule has 2 aromatic heterocycles. The van der Waals surface area contributed by atoms with Crippen LogP contribution in [0, 0.1) is 5.41 Å². The Labute approximate surface area is 186 Å². The van der Waals surface area contributed by atoms with Crippen LogP contribution in [0.15, 0.2) is 60.4 Å². The molecule has 1 aliphatic heterocycles. The number of likely N-dealkylation sites (tertiary alicyclic amines) is 1. The molecule has 7 heteroatoms. The second-order valence-electron chi connectivity index (χ2n) is 8.26. The Kier molecular flexibility index (Phi) is 6.13. The van der Waals surface area contributed by atoms with E-state index in [1.54, 1.807) is 41.4 Å². The van der Waals surface area contributed by atoms with Crippen molar-refractivity contribution in [3.05, 3.63) is 71.6 Å². The van der Waals surface area contributed by atoms with Crippen LogP contribution in [0.3, 0.4) is 0 Å². The predicted octanol–water partition coefficient (Wildman–Crippen LogP) is 3.76. The monoisotopic (exact) mass is 434 g/mol. The van der Waals surface area contributed by atoms with E-state index in [0.29, 0.717) is 25.2 Å². The van der Waals surface area contributed by atoms with Crippen molar-refractivity contribution < 1.29 is 9.59 Å². The molecular weight excluding hydrogens is 408 g/mol. The van der Waals surface area contributed by atoms with E-state index in [1.807, 2.05) is 12.1 Å². The summed E-state index contributed by atoms with van der Waals surface area (Å²) in [7, 11) is 3.57. The molecule has 3 aromatic rings. The number of benzene rings is 1. The second kappa shape index (κ2) is 8.98. The van der Waals surface area contributed by atoms with Gasteiger partial charge in [-0.1, -0.05) is 30.3 Å². The predicted molar refractivity (Wildman–Crippen MR) is 122 cm³/mol. The summed E-state index contributed by atoms with van der Waals surface area (Å²) in [4.78, 5) is 39.2. The minimum Gasteiger partial charge on any atom is -0.348 e. The third-order valence-electron chi connectivity index (χ3n) is 5.78. The summed E-state index contributed by atoms with van der Waals surface area (Å²) in [6.45, 7) is 0.996. The molecule has 2 amide bonds. The van der Waals surface area contributed by atoms with E-state index < -0.39 is 5.41 Å². The van der Waals surface area contributed by atoms with Gasteiger partial charge in [-0.3, -0.25) is 14.6 Å². The number of amides is 2. The van der Waals surface area contributed by atoms with Crippen molar-refractivity contribution in [3.8, 4) is 10.4 Å². The summed E-state index contributed by atoms with van der Waals surface area (Å²) < 4.78 is 0. The van der Waals surface area contributed by atoms with E-state index in [9.17, 15) is 9.59 Å². The first-order valence-corrected chi connectivity index (χ1v) is 11.3. The average Bonchev–Trinajstić information content (AvgIpc) is 3.34. The number of piperidine rings is 1. The molecule has 160 valence electrons. The van der Waals surface area contributed by atoms with Crippen LogP contribution >= 0.6 is 11.3 Å². The van der Waals surface area contributed by atoms with Crippen LogP contribution in [0.1, 0.15) is 28.9 Å². The van der Waals surface area contributed by atoms with E-state index in [4.69, 9.17) is 0 Å². The second-order valence-corrected chi connectivity index (χ2v) is 9.20. The lowest BCUT2D eigenvalue weighted by Crippen LogP contribution is -2.54. The number of hydrogen-bond acceptors (Lipinski definition) is 5. The maximum Gasteiger partial charge on any atom is 0.274 e. The summed E-state index contributed by atoms with van der Waals surface area (Å²) in [5.74, 6) is -0.110. The van der Waals surface area contributed by atoms with Crippen LogP contribution in [0.2, 0.25) is 0 Å². The number of carbonyl (C=O) groups excluding carboxylic acids is 2. The molecule has 1 aliphatic rings.